The third-order valence-corrected chi connectivity index (χ3v) is 3.45. The zero-order chi connectivity index (χ0) is 19.4. The normalized spacial score (nSPS) is 11.7. The van der Waals surface area contributed by atoms with Crippen LogP contribution in [0.5, 0.6) is 11.5 Å². The molecule has 3 aromatic rings. The molecular formula is C18H13F3N4O2. The maximum absolute atomic E-state index is 13.1. The number of phenolic OH excluding ortho intramolecular Hbond substituents is 2. The van der Waals surface area contributed by atoms with Crippen molar-refractivity contribution in [1.82, 2.24) is 9.97 Å². The summed E-state index contributed by atoms with van der Waals surface area (Å²) in [6.07, 6.45) is -3.46. The van der Waals surface area contributed by atoms with E-state index in [4.69, 9.17) is 0 Å². The van der Waals surface area contributed by atoms with Gasteiger partial charge in [-0.1, -0.05) is 30.3 Å². The molecular weight excluding hydrogens is 361 g/mol. The molecule has 1 heterocycles. The van der Waals surface area contributed by atoms with E-state index in [9.17, 15) is 23.4 Å². The average molecular weight is 374 g/mol. The largest absolute Gasteiger partial charge is 0.508 e. The summed E-state index contributed by atoms with van der Waals surface area (Å²) in [4.78, 5) is 7.62. The lowest BCUT2D eigenvalue weighted by Gasteiger charge is -2.10. The quantitative estimate of drug-likeness (QED) is 0.474. The average Bonchev–Trinajstić information content (AvgIpc) is 2.63. The van der Waals surface area contributed by atoms with Crippen LogP contribution >= 0.6 is 0 Å². The Morgan fingerprint density at radius 1 is 0.963 bits per heavy atom. The van der Waals surface area contributed by atoms with Gasteiger partial charge in [-0.05, 0) is 12.1 Å². The number of hydrogen-bond acceptors (Lipinski definition) is 6. The zero-order valence-corrected chi connectivity index (χ0v) is 13.6. The lowest BCUT2D eigenvalue weighted by molar-refractivity contribution is -0.141. The fourth-order valence-corrected chi connectivity index (χ4v) is 2.18. The van der Waals surface area contributed by atoms with Gasteiger partial charge in [0, 0.05) is 23.3 Å². The van der Waals surface area contributed by atoms with E-state index >= 15 is 0 Å². The third kappa shape index (κ3) is 4.51. The van der Waals surface area contributed by atoms with Crippen LogP contribution in [-0.2, 0) is 6.18 Å². The van der Waals surface area contributed by atoms with Gasteiger partial charge in [-0.3, -0.25) is 5.43 Å². The van der Waals surface area contributed by atoms with Crippen LogP contribution in [0.1, 0.15) is 11.3 Å². The van der Waals surface area contributed by atoms with Gasteiger partial charge in [0.15, 0.2) is 17.3 Å². The summed E-state index contributed by atoms with van der Waals surface area (Å²) in [5.74, 6) is -0.624. The van der Waals surface area contributed by atoms with Gasteiger partial charge < -0.3 is 10.2 Å². The van der Waals surface area contributed by atoms with Gasteiger partial charge >= 0.3 is 6.18 Å². The number of halogens is 3. The van der Waals surface area contributed by atoms with E-state index in [1.165, 1.54) is 18.3 Å². The first-order chi connectivity index (χ1) is 12.8. The fourth-order valence-electron chi connectivity index (χ4n) is 2.18. The molecule has 0 spiro atoms. The molecule has 0 aliphatic rings. The van der Waals surface area contributed by atoms with Crippen molar-refractivity contribution < 1.29 is 23.4 Å². The van der Waals surface area contributed by atoms with Gasteiger partial charge in [0.1, 0.15) is 11.5 Å². The van der Waals surface area contributed by atoms with Gasteiger partial charge in [0.05, 0.1) is 6.21 Å². The molecule has 0 unspecified atom stereocenters. The molecule has 0 amide bonds. The lowest BCUT2D eigenvalue weighted by atomic mass is 10.2. The molecule has 1 aromatic heterocycles. The molecule has 0 aliphatic carbocycles. The molecule has 27 heavy (non-hydrogen) atoms. The van der Waals surface area contributed by atoms with Gasteiger partial charge in [0.25, 0.3) is 0 Å². The molecule has 0 bridgehead atoms. The predicted molar refractivity (Wildman–Crippen MR) is 93.5 cm³/mol. The van der Waals surface area contributed by atoms with Crippen molar-refractivity contribution in [2.45, 2.75) is 6.18 Å². The highest BCUT2D eigenvalue weighted by molar-refractivity contribution is 5.84. The summed E-state index contributed by atoms with van der Waals surface area (Å²) in [6, 6.07) is 12.8. The smallest absolute Gasteiger partial charge is 0.433 e. The number of anilines is 1. The first kappa shape index (κ1) is 18.2. The number of nitrogens with one attached hydrogen (secondary N) is 1. The van der Waals surface area contributed by atoms with Crippen molar-refractivity contribution in [3.05, 3.63) is 65.9 Å². The van der Waals surface area contributed by atoms with Crippen molar-refractivity contribution in [2.24, 2.45) is 5.10 Å². The maximum Gasteiger partial charge on any atom is 0.433 e. The van der Waals surface area contributed by atoms with Crippen molar-refractivity contribution in [3.8, 4) is 22.9 Å². The Hall–Kier alpha value is -3.62. The number of rotatable bonds is 4. The molecule has 3 N–H and O–H groups in total. The Kier molecular flexibility index (Phi) is 4.93. The Bertz CT molecular complexity index is 976. The highest BCUT2D eigenvalue weighted by Gasteiger charge is 2.33. The molecule has 0 atom stereocenters. The van der Waals surface area contributed by atoms with Gasteiger partial charge in [-0.2, -0.15) is 18.3 Å². The molecule has 0 fully saturated rings. The third-order valence-electron chi connectivity index (χ3n) is 3.45. The summed E-state index contributed by atoms with van der Waals surface area (Å²) in [5, 5.41) is 22.7. The second kappa shape index (κ2) is 7.32. The molecule has 0 saturated heterocycles. The van der Waals surface area contributed by atoms with E-state index in [2.05, 4.69) is 20.5 Å². The van der Waals surface area contributed by atoms with Crippen LogP contribution in [0.3, 0.4) is 0 Å². The first-order valence-corrected chi connectivity index (χ1v) is 7.66. The van der Waals surface area contributed by atoms with Crippen LogP contribution in [0.4, 0.5) is 19.0 Å². The van der Waals surface area contributed by atoms with Crippen LogP contribution in [-0.4, -0.2) is 26.4 Å². The summed E-state index contributed by atoms with van der Waals surface area (Å²) in [7, 11) is 0. The Labute approximate surface area is 151 Å². The van der Waals surface area contributed by atoms with Crippen molar-refractivity contribution in [3.63, 3.8) is 0 Å². The topological polar surface area (TPSA) is 90.6 Å². The van der Waals surface area contributed by atoms with Gasteiger partial charge in [-0.15, -0.1) is 0 Å². The number of benzene rings is 2. The van der Waals surface area contributed by atoms with Gasteiger partial charge in [0.2, 0.25) is 0 Å². The number of aromatic hydroxyl groups is 2. The monoisotopic (exact) mass is 374 g/mol. The standard InChI is InChI=1S/C18H13F3N4O2/c19-18(20,21)15-9-16(24-17(23-15)11-4-2-1-3-5-11)25-22-10-12-6-7-13(26)8-14(12)27/h1-10,26-27H,(H,23,24,25)/b22-10+. The number of hydrogen-bond donors (Lipinski definition) is 3. The van der Waals surface area contributed by atoms with Gasteiger partial charge in [-0.25, -0.2) is 9.97 Å². The number of alkyl halides is 3. The zero-order valence-electron chi connectivity index (χ0n) is 13.6. The van der Waals surface area contributed by atoms with E-state index in [0.717, 1.165) is 12.1 Å². The van der Waals surface area contributed by atoms with E-state index in [1.54, 1.807) is 30.3 Å². The van der Waals surface area contributed by atoms with Crippen LogP contribution in [0, 0.1) is 0 Å². The van der Waals surface area contributed by atoms with Crippen LogP contribution < -0.4 is 5.43 Å². The van der Waals surface area contributed by atoms with Crippen molar-refractivity contribution in [1.29, 1.82) is 0 Å². The van der Waals surface area contributed by atoms with E-state index in [-0.39, 0.29) is 28.7 Å². The Morgan fingerprint density at radius 3 is 2.37 bits per heavy atom. The second-order valence-corrected chi connectivity index (χ2v) is 5.44. The number of hydrazone groups is 1. The fraction of sp³-hybridized carbons (Fsp3) is 0.0556. The van der Waals surface area contributed by atoms with E-state index < -0.39 is 11.9 Å². The molecule has 6 nitrogen and oxygen atoms in total. The number of nitrogens with zero attached hydrogens (tertiary/aromatic N) is 3. The predicted octanol–water partition coefficient (Wildman–Crippen LogP) is 4.02. The molecule has 0 aliphatic heterocycles. The maximum atomic E-state index is 13.1. The van der Waals surface area contributed by atoms with Crippen LogP contribution in [0.15, 0.2) is 59.7 Å². The molecule has 0 saturated carbocycles. The highest BCUT2D eigenvalue weighted by atomic mass is 19.4. The van der Waals surface area contributed by atoms with E-state index in [1.807, 2.05) is 0 Å². The molecule has 138 valence electrons. The minimum atomic E-state index is -4.65. The molecule has 3 rings (SSSR count). The molecule has 0 radical (unpaired) electrons. The Morgan fingerprint density at radius 2 is 1.70 bits per heavy atom. The summed E-state index contributed by atoms with van der Waals surface area (Å²) in [6.45, 7) is 0. The Balaban J connectivity index is 1.91. The number of phenols is 2. The van der Waals surface area contributed by atoms with Crippen LogP contribution in [0.2, 0.25) is 0 Å². The number of aromatic nitrogens is 2. The summed E-state index contributed by atoms with van der Waals surface area (Å²) in [5.41, 5.74) is 1.97. The van der Waals surface area contributed by atoms with Crippen molar-refractivity contribution in [2.75, 3.05) is 5.43 Å². The second-order valence-electron chi connectivity index (χ2n) is 5.44. The lowest BCUT2D eigenvalue weighted by Crippen LogP contribution is -2.11. The highest BCUT2D eigenvalue weighted by Crippen LogP contribution is 2.30. The SMILES string of the molecule is Oc1ccc(/C=N/Nc2cc(C(F)(F)F)nc(-c3ccccc3)n2)c(O)c1. The summed E-state index contributed by atoms with van der Waals surface area (Å²) < 4.78 is 39.4. The minimum absolute atomic E-state index is 0.101. The van der Waals surface area contributed by atoms with Crippen LogP contribution in [0.25, 0.3) is 11.4 Å². The van der Waals surface area contributed by atoms with E-state index in [0.29, 0.717) is 5.56 Å². The first-order valence-electron chi connectivity index (χ1n) is 7.66. The van der Waals surface area contributed by atoms with Crippen molar-refractivity contribution >= 4 is 12.0 Å². The minimum Gasteiger partial charge on any atom is -0.508 e. The molecule has 9 heteroatoms. The summed E-state index contributed by atoms with van der Waals surface area (Å²) >= 11 is 0. The molecule has 2 aromatic carbocycles.